The first-order valence-electron chi connectivity index (χ1n) is 6.71. The van der Waals surface area contributed by atoms with Crippen LogP contribution in [0.15, 0.2) is 36.4 Å². The monoisotopic (exact) mass is 292 g/mol. The smallest absolute Gasteiger partial charge is 0.131 e. The molecule has 5 heteroatoms. The molecule has 0 amide bonds. The fourth-order valence-electron chi connectivity index (χ4n) is 2.22. The van der Waals surface area contributed by atoms with Crippen molar-refractivity contribution in [1.82, 2.24) is 5.43 Å². The third-order valence-corrected chi connectivity index (χ3v) is 3.26. The highest BCUT2D eigenvalue weighted by Crippen LogP contribution is 2.28. The fraction of sp³-hybridized carbons (Fsp3) is 0.250. The summed E-state index contributed by atoms with van der Waals surface area (Å²) in [6.07, 6.45) is 0. The van der Waals surface area contributed by atoms with Gasteiger partial charge in [-0.3, -0.25) is 5.84 Å². The summed E-state index contributed by atoms with van der Waals surface area (Å²) in [5.41, 5.74) is 3.98. The molecule has 0 aromatic heterocycles. The number of hydrogen-bond donors (Lipinski definition) is 2. The van der Waals surface area contributed by atoms with Crippen molar-refractivity contribution in [1.29, 1.82) is 0 Å². The summed E-state index contributed by atoms with van der Waals surface area (Å²) in [4.78, 5) is 0. The zero-order chi connectivity index (χ0) is 15.4. The molecular weight excluding hydrogens is 274 g/mol. The number of nitrogens with two attached hydrogens (primary N) is 1. The molecule has 112 valence electrons. The summed E-state index contributed by atoms with van der Waals surface area (Å²) in [7, 11) is 0. The van der Waals surface area contributed by atoms with Crippen LogP contribution in [0.4, 0.5) is 8.78 Å². The largest absolute Gasteiger partial charge is 0.494 e. The molecule has 0 saturated carbocycles. The van der Waals surface area contributed by atoms with Gasteiger partial charge in [0.1, 0.15) is 17.4 Å². The number of hydrazine groups is 1. The van der Waals surface area contributed by atoms with Gasteiger partial charge in [0.25, 0.3) is 0 Å². The highest BCUT2D eigenvalue weighted by molar-refractivity contribution is 5.38. The van der Waals surface area contributed by atoms with Gasteiger partial charge >= 0.3 is 0 Å². The van der Waals surface area contributed by atoms with Crippen LogP contribution in [-0.2, 0) is 0 Å². The van der Waals surface area contributed by atoms with Crippen molar-refractivity contribution >= 4 is 0 Å². The van der Waals surface area contributed by atoms with Gasteiger partial charge in [-0.05, 0) is 43.2 Å². The zero-order valence-electron chi connectivity index (χ0n) is 12.0. The molecule has 2 rings (SSSR count). The van der Waals surface area contributed by atoms with Gasteiger partial charge in [-0.25, -0.2) is 14.2 Å². The lowest BCUT2D eigenvalue weighted by Gasteiger charge is -2.19. The predicted molar refractivity (Wildman–Crippen MR) is 77.9 cm³/mol. The van der Waals surface area contributed by atoms with Gasteiger partial charge in [-0.2, -0.15) is 0 Å². The average molecular weight is 292 g/mol. The molecule has 3 N–H and O–H groups in total. The molecule has 2 aromatic rings. The Kier molecular flexibility index (Phi) is 4.88. The number of benzene rings is 2. The molecule has 0 spiro atoms. The minimum atomic E-state index is -0.636. The second-order valence-electron chi connectivity index (χ2n) is 4.73. The first kappa shape index (κ1) is 15.4. The number of hydrogen-bond acceptors (Lipinski definition) is 3. The first-order valence-corrected chi connectivity index (χ1v) is 6.71. The molecular formula is C16H18F2N2O. The van der Waals surface area contributed by atoms with E-state index in [2.05, 4.69) is 5.43 Å². The van der Waals surface area contributed by atoms with Crippen molar-refractivity contribution in [2.45, 2.75) is 19.9 Å². The molecule has 0 heterocycles. The van der Waals surface area contributed by atoms with Crippen molar-refractivity contribution < 1.29 is 13.5 Å². The maximum Gasteiger partial charge on any atom is 0.131 e. The second-order valence-corrected chi connectivity index (χ2v) is 4.73. The highest BCUT2D eigenvalue weighted by atomic mass is 19.1. The Labute approximate surface area is 122 Å². The molecule has 0 saturated heterocycles. The van der Waals surface area contributed by atoms with Crippen LogP contribution in [0.1, 0.15) is 29.7 Å². The lowest BCUT2D eigenvalue weighted by Crippen LogP contribution is -2.29. The SMILES string of the molecule is CCOc1cccc(C(NN)c2cc(C)c(F)cc2F)c1. The number of ether oxygens (including phenoxy) is 1. The molecule has 0 fully saturated rings. The van der Waals surface area contributed by atoms with Gasteiger partial charge in [-0.1, -0.05) is 12.1 Å². The van der Waals surface area contributed by atoms with Crippen LogP contribution in [0.25, 0.3) is 0 Å². The molecule has 21 heavy (non-hydrogen) atoms. The van der Waals surface area contributed by atoms with E-state index in [0.29, 0.717) is 23.5 Å². The summed E-state index contributed by atoms with van der Waals surface area (Å²) < 4.78 is 32.8. The number of aryl methyl sites for hydroxylation is 1. The Hall–Kier alpha value is -1.98. The third kappa shape index (κ3) is 3.37. The fourth-order valence-corrected chi connectivity index (χ4v) is 2.22. The molecule has 0 aliphatic heterocycles. The normalized spacial score (nSPS) is 12.2. The van der Waals surface area contributed by atoms with E-state index in [1.54, 1.807) is 19.1 Å². The van der Waals surface area contributed by atoms with E-state index in [4.69, 9.17) is 10.6 Å². The summed E-state index contributed by atoms with van der Waals surface area (Å²) >= 11 is 0. The highest BCUT2D eigenvalue weighted by Gasteiger charge is 2.19. The summed E-state index contributed by atoms with van der Waals surface area (Å²) in [5.74, 6) is 5.03. The molecule has 0 aliphatic carbocycles. The van der Waals surface area contributed by atoms with E-state index < -0.39 is 17.7 Å². The Morgan fingerprint density at radius 2 is 1.95 bits per heavy atom. The molecule has 3 nitrogen and oxygen atoms in total. The van der Waals surface area contributed by atoms with E-state index in [-0.39, 0.29) is 0 Å². The van der Waals surface area contributed by atoms with E-state index in [0.717, 1.165) is 11.6 Å². The Morgan fingerprint density at radius 1 is 1.19 bits per heavy atom. The Morgan fingerprint density at radius 3 is 2.62 bits per heavy atom. The number of nitrogens with one attached hydrogen (secondary N) is 1. The average Bonchev–Trinajstić information content (AvgIpc) is 2.46. The number of rotatable bonds is 5. The minimum Gasteiger partial charge on any atom is -0.494 e. The Bertz CT molecular complexity index is 632. The van der Waals surface area contributed by atoms with Crippen LogP contribution in [0, 0.1) is 18.6 Å². The van der Waals surface area contributed by atoms with Gasteiger partial charge < -0.3 is 4.74 Å². The van der Waals surface area contributed by atoms with E-state index in [9.17, 15) is 8.78 Å². The standard InChI is InChI=1S/C16H18F2N2O/c1-3-21-12-6-4-5-11(8-12)16(20-19)13-7-10(2)14(17)9-15(13)18/h4-9,16,20H,3,19H2,1-2H3. The second kappa shape index (κ2) is 6.65. The predicted octanol–water partition coefficient (Wildman–Crippen LogP) is 3.22. The molecule has 1 atom stereocenters. The van der Waals surface area contributed by atoms with Gasteiger partial charge in [0.2, 0.25) is 0 Å². The van der Waals surface area contributed by atoms with Crippen LogP contribution in [0.3, 0.4) is 0 Å². The van der Waals surface area contributed by atoms with Crippen LogP contribution >= 0.6 is 0 Å². The quantitative estimate of drug-likeness (QED) is 0.657. The van der Waals surface area contributed by atoms with E-state index in [1.807, 2.05) is 19.1 Å². The lowest BCUT2D eigenvalue weighted by molar-refractivity contribution is 0.339. The van der Waals surface area contributed by atoms with Crippen LogP contribution < -0.4 is 16.0 Å². The molecule has 2 aromatic carbocycles. The van der Waals surface area contributed by atoms with Crippen LogP contribution in [-0.4, -0.2) is 6.61 Å². The van der Waals surface area contributed by atoms with Gasteiger partial charge in [0, 0.05) is 11.6 Å². The molecule has 0 aliphatic rings. The van der Waals surface area contributed by atoms with Crippen LogP contribution in [0.5, 0.6) is 5.75 Å². The van der Waals surface area contributed by atoms with Crippen molar-refractivity contribution in [2.24, 2.45) is 5.84 Å². The van der Waals surface area contributed by atoms with Gasteiger partial charge in [0.15, 0.2) is 0 Å². The maximum absolute atomic E-state index is 14.0. The van der Waals surface area contributed by atoms with Gasteiger partial charge in [-0.15, -0.1) is 0 Å². The van der Waals surface area contributed by atoms with Crippen molar-refractivity contribution in [3.8, 4) is 5.75 Å². The molecule has 0 bridgehead atoms. The van der Waals surface area contributed by atoms with E-state index >= 15 is 0 Å². The maximum atomic E-state index is 14.0. The third-order valence-electron chi connectivity index (χ3n) is 3.26. The summed E-state index contributed by atoms with van der Waals surface area (Å²) in [6, 6.07) is 8.97. The van der Waals surface area contributed by atoms with Gasteiger partial charge in [0.05, 0.1) is 12.6 Å². The van der Waals surface area contributed by atoms with E-state index in [1.165, 1.54) is 6.07 Å². The summed E-state index contributed by atoms with van der Waals surface area (Å²) in [5, 5.41) is 0. The zero-order valence-corrected chi connectivity index (χ0v) is 12.0. The molecule has 0 radical (unpaired) electrons. The van der Waals surface area contributed by atoms with Crippen molar-refractivity contribution in [3.63, 3.8) is 0 Å². The topological polar surface area (TPSA) is 47.3 Å². The Balaban J connectivity index is 2.44. The van der Waals surface area contributed by atoms with Crippen molar-refractivity contribution in [3.05, 3.63) is 64.7 Å². The van der Waals surface area contributed by atoms with Crippen molar-refractivity contribution in [2.75, 3.05) is 6.61 Å². The number of halogens is 2. The molecule has 1 unspecified atom stereocenters. The minimum absolute atomic E-state index is 0.296. The van der Waals surface area contributed by atoms with Crippen LogP contribution in [0.2, 0.25) is 0 Å². The summed E-state index contributed by atoms with van der Waals surface area (Å²) in [6.45, 7) is 4.00. The lowest BCUT2D eigenvalue weighted by atomic mass is 9.97. The first-order chi connectivity index (χ1) is 10.1.